The van der Waals surface area contributed by atoms with Crippen LogP contribution < -0.4 is 11.1 Å². The molecule has 2 aliphatic rings. The number of nitrogens with zero attached hydrogens (tertiary/aromatic N) is 1. The molecule has 0 bridgehead atoms. The summed E-state index contributed by atoms with van der Waals surface area (Å²) in [6, 6.07) is 6.10. The van der Waals surface area contributed by atoms with Gasteiger partial charge in [-0.1, -0.05) is 12.1 Å². The van der Waals surface area contributed by atoms with Crippen molar-refractivity contribution in [2.45, 2.75) is 25.2 Å². The Morgan fingerprint density at radius 3 is 2.48 bits per heavy atom. The van der Waals surface area contributed by atoms with E-state index in [0.717, 1.165) is 0 Å². The molecule has 3 rings (SSSR count). The third kappa shape index (κ3) is 3.20. The van der Waals surface area contributed by atoms with E-state index in [1.807, 2.05) is 0 Å². The Bertz CT molecular complexity index is 744. The van der Waals surface area contributed by atoms with Crippen molar-refractivity contribution in [3.63, 3.8) is 0 Å². The predicted molar refractivity (Wildman–Crippen MR) is 85.0 cm³/mol. The van der Waals surface area contributed by atoms with Crippen molar-refractivity contribution in [1.82, 2.24) is 10.2 Å². The molecule has 134 valence electrons. The minimum Gasteiger partial charge on any atom is -0.369 e. The lowest BCUT2D eigenvalue weighted by Crippen LogP contribution is -2.67. The number of carbonyl (C=O) groups is 3. The summed E-state index contributed by atoms with van der Waals surface area (Å²) in [4.78, 5) is 36.7. The Morgan fingerprint density at radius 1 is 1.32 bits per heavy atom. The van der Waals surface area contributed by atoms with E-state index in [-0.39, 0.29) is 37.5 Å². The van der Waals surface area contributed by atoms with Gasteiger partial charge in [0.25, 0.3) is 11.8 Å². The van der Waals surface area contributed by atoms with Crippen LogP contribution in [-0.4, -0.2) is 48.2 Å². The maximum atomic E-state index is 13.2. The summed E-state index contributed by atoms with van der Waals surface area (Å²) < 4.78 is 26.4. The van der Waals surface area contributed by atoms with Gasteiger partial charge >= 0.3 is 0 Å². The number of benzene rings is 1. The number of nitrogens with one attached hydrogen (secondary N) is 1. The minimum absolute atomic E-state index is 0.00520. The second kappa shape index (κ2) is 5.79. The monoisotopic (exact) mass is 351 g/mol. The van der Waals surface area contributed by atoms with Crippen LogP contribution in [0.4, 0.5) is 8.78 Å². The first kappa shape index (κ1) is 17.3. The summed E-state index contributed by atoms with van der Waals surface area (Å²) in [6.45, 7) is 1.70. The summed E-state index contributed by atoms with van der Waals surface area (Å²) >= 11 is 0. The van der Waals surface area contributed by atoms with Crippen LogP contribution in [-0.2, 0) is 9.59 Å². The first-order chi connectivity index (χ1) is 11.6. The van der Waals surface area contributed by atoms with Gasteiger partial charge in [0.1, 0.15) is 5.41 Å². The molecule has 0 aromatic heterocycles. The Kier molecular flexibility index (Phi) is 4.01. The molecular formula is C17H19F2N3O3. The average Bonchev–Trinajstić information content (AvgIpc) is 3.14. The number of rotatable bonds is 5. The molecule has 1 aromatic rings. The molecule has 1 heterocycles. The van der Waals surface area contributed by atoms with Crippen molar-refractivity contribution in [2.75, 3.05) is 19.6 Å². The number of carbonyl (C=O) groups excluding carboxylic acids is 3. The highest BCUT2D eigenvalue weighted by atomic mass is 19.3. The molecule has 1 unspecified atom stereocenters. The zero-order valence-electron chi connectivity index (χ0n) is 13.7. The third-order valence-electron chi connectivity index (χ3n) is 4.92. The first-order valence-electron chi connectivity index (χ1n) is 7.96. The number of hydrogen-bond acceptors (Lipinski definition) is 3. The fourth-order valence-electron chi connectivity index (χ4n) is 3.08. The van der Waals surface area contributed by atoms with Crippen LogP contribution in [0.3, 0.4) is 0 Å². The van der Waals surface area contributed by atoms with Crippen molar-refractivity contribution in [1.29, 1.82) is 0 Å². The van der Waals surface area contributed by atoms with Crippen LogP contribution in [0, 0.1) is 5.41 Å². The molecule has 1 saturated heterocycles. The van der Waals surface area contributed by atoms with Gasteiger partial charge in [-0.2, -0.15) is 0 Å². The van der Waals surface area contributed by atoms with E-state index in [1.165, 1.54) is 24.0 Å². The number of alkyl halides is 2. The van der Waals surface area contributed by atoms with Crippen LogP contribution in [0.1, 0.15) is 35.2 Å². The molecule has 3 N–H and O–H groups in total. The molecule has 0 spiro atoms. The third-order valence-corrected chi connectivity index (χ3v) is 4.92. The van der Waals surface area contributed by atoms with Crippen molar-refractivity contribution < 1.29 is 23.2 Å². The smallest absolute Gasteiger partial charge is 0.255 e. The summed E-state index contributed by atoms with van der Waals surface area (Å²) in [6.07, 6.45) is -0.205. The lowest BCUT2D eigenvalue weighted by molar-refractivity contribution is -0.149. The Morgan fingerprint density at radius 2 is 1.96 bits per heavy atom. The van der Waals surface area contributed by atoms with Crippen molar-refractivity contribution in [3.8, 4) is 0 Å². The number of nitrogens with two attached hydrogens (primary N) is 1. The molecular weight excluding hydrogens is 332 g/mol. The summed E-state index contributed by atoms with van der Waals surface area (Å²) in [5, 5.41) is 2.62. The molecule has 2 fully saturated rings. The number of hydrogen-bond donors (Lipinski definition) is 2. The second-order valence-electron chi connectivity index (χ2n) is 6.85. The number of primary amides is 1. The molecule has 0 radical (unpaired) electrons. The van der Waals surface area contributed by atoms with E-state index < -0.39 is 29.1 Å². The molecule has 1 aliphatic heterocycles. The molecule has 1 aliphatic carbocycles. The zero-order chi connectivity index (χ0) is 18.4. The van der Waals surface area contributed by atoms with E-state index in [0.29, 0.717) is 5.56 Å². The molecule has 8 heteroatoms. The standard InChI is InChI=1S/C17H19F2N3O3/c1-10(23)22-8-16(9-22,15(20)25)7-21-14(24)12-4-2-3-11(5-12)13-6-17(13,18)19/h2-5,13H,6-9H2,1H3,(H2,20,25)(H,21,24). The number of halogens is 2. The lowest BCUT2D eigenvalue weighted by atomic mass is 9.78. The fourth-order valence-corrected chi connectivity index (χ4v) is 3.08. The maximum Gasteiger partial charge on any atom is 0.255 e. The summed E-state index contributed by atoms with van der Waals surface area (Å²) in [5.41, 5.74) is 5.10. The SMILES string of the molecule is CC(=O)N1CC(CNC(=O)c2cccc(C3CC3(F)F)c2)(C(N)=O)C1. The van der Waals surface area contributed by atoms with Crippen LogP contribution >= 0.6 is 0 Å². The highest BCUT2D eigenvalue weighted by molar-refractivity contribution is 5.95. The molecule has 1 aromatic carbocycles. The molecule has 1 saturated carbocycles. The normalized spacial score (nSPS) is 22.7. The van der Waals surface area contributed by atoms with Crippen molar-refractivity contribution in [3.05, 3.63) is 35.4 Å². The molecule has 3 amide bonds. The highest BCUT2D eigenvalue weighted by Gasteiger charge is 2.57. The topological polar surface area (TPSA) is 92.5 Å². The quantitative estimate of drug-likeness (QED) is 0.825. The number of likely N-dealkylation sites (tertiary alicyclic amines) is 1. The van der Waals surface area contributed by atoms with Gasteiger partial charge in [0, 0.05) is 38.5 Å². The van der Waals surface area contributed by atoms with Gasteiger partial charge in [0.05, 0.1) is 5.92 Å². The Labute approximate surface area is 143 Å². The van der Waals surface area contributed by atoms with Gasteiger partial charge in [-0.05, 0) is 17.7 Å². The Balaban J connectivity index is 1.64. The highest BCUT2D eigenvalue weighted by Crippen LogP contribution is 2.55. The van der Waals surface area contributed by atoms with Crippen molar-refractivity contribution in [2.24, 2.45) is 11.1 Å². The minimum atomic E-state index is -2.70. The average molecular weight is 351 g/mol. The van der Waals surface area contributed by atoms with Gasteiger partial charge in [0.2, 0.25) is 11.8 Å². The zero-order valence-corrected chi connectivity index (χ0v) is 13.7. The fraction of sp³-hybridized carbons (Fsp3) is 0.471. The van der Waals surface area contributed by atoms with Crippen LogP contribution in [0.5, 0.6) is 0 Å². The van der Waals surface area contributed by atoms with Gasteiger partial charge < -0.3 is 16.0 Å². The first-order valence-corrected chi connectivity index (χ1v) is 7.96. The van der Waals surface area contributed by atoms with Crippen LogP contribution in [0.15, 0.2) is 24.3 Å². The Hall–Kier alpha value is -2.51. The van der Waals surface area contributed by atoms with E-state index in [4.69, 9.17) is 5.73 Å². The molecule has 25 heavy (non-hydrogen) atoms. The second-order valence-corrected chi connectivity index (χ2v) is 6.85. The largest absolute Gasteiger partial charge is 0.369 e. The van der Waals surface area contributed by atoms with Crippen LogP contribution in [0.2, 0.25) is 0 Å². The maximum absolute atomic E-state index is 13.2. The molecule has 6 nitrogen and oxygen atoms in total. The predicted octanol–water partition coefficient (Wildman–Crippen LogP) is 0.873. The summed E-state index contributed by atoms with van der Waals surface area (Å²) in [7, 11) is 0. The van der Waals surface area contributed by atoms with E-state index in [1.54, 1.807) is 12.1 Å². The van der Waals surface area contributed by atoms with Gasteiger partial charge in [-0.25, -0.2) is 8.78 Å². The van der Waals surface area contributed by atoms with Gasteiger partial charge in [-0.3, -0.25) is 14.4 Å². The lowest BCUT2D eigenvalue weighted by Gasteiger charge is -2.47. The van der Waals surface area contributed by atoms with Crippen LogP contribution in [0.25, 0.3) is 0 Å². The molecule has 1 atom stereocenters. The van der Waals surface area contributed by atoms with E-state index in [2.05, 4.69) is 5.32 Å². The van der Waals surface area contributed by atoms with Gasteiger partial charge in [-0.15, -0.1) is 0 Å². The van der Waals surface area contributed by atoms with E-state index >= 15 is 0 Å². The number of amides is 3. The van der Waals surface area contributed by atoms with Crippen molar-refractivity contribution >= 4 is 17.7 Å². The summed E-state index contributed by atoms with van der Waals surface area (Å²) in [5.74, 6) is -4.76. The van der Waals surface area contributed by atoms with Gasteiger partial charge in [0.15, 0.2) is 0 Å². The van der Waals surface area contributed by atoms with E-state index in [9.17, 15) is 23.2 Å².